The average Bonchev–Trinajstić information content (AvgIpc) is 2.78. The van der Waals surface area contributed by atoms with Gasteiger partial charge in [0.05, 0.1) is 25.9 Å². The molecule has 0 fully saturated rings. The SMILES string of the molecule is COc1cc(C=C(C#N)c2ccccc2)ccc1OC(=O)c1ccccc1OC. The van der Waals surface area contributed by atoms with Gasteiger partial charge in [-0.15, -0.1) is 0 Å². The number of nitrogens with zero attached hydrogens (tertiary/aromatic N) is 1. The van der Waals surface area contributed by atoms with Crippen LogP contribution in [0, 0.1) is 11.3 Å². The molecule has 0 aliphatic heterocycles. The lowest BCUT2D eigenvalue weighted by Gasteiger charge is -2.12. The first kappa shape index (κ1) is 19.7. The molecule has 5 nitrogen and oxygen atoms in total. The van der Waals surface area contributed by atoms with Crippen LogP contribution >= 0.6 is 0 Å². The summed E-state index contributed by atoms with van der Waals surface area (Å²) in [4.78, 5) is 12.5. The molecule has 0 radical (unpaired) electrons. The molecule has 5 heteroatoms. The van der Waals surface area contributed by atoms with Crippen LogP contribution in [0.3, 0.4) is 0 Å². The molecule has 3 aromatic rings. The third kappa shape index (κ3) is 4.63. The van der Waals surface area contributed by atoms with E-state index < -0.39 is 5.97 Å². The Bertz CT molecular complexity index is 1080. The van der Waals surface area contributed by atoms with Crippen LogP contribution in [0.25, 0.3) is 11.6 Å². The summed E-state index contributed by atoms with van der Waals surface area (Å²) in [7, 11) is 2.99. The smallest absolute Gasteiger partial charge is 0.347 e. The fourth-order valence-corrected chi connectivity index (χ4v) is 2.79. The summed E-state index contributed by atoms with van der Waals surface area (Å²) in [5.74, 6) is 0.537. The Morgan fingerprint density at radius 1 is 0.862 bits per heavy atom. The van der Waals surface area contributed by atoms with Gasteiger partial charge >= 0.3 is 5.97 Å². The second kappa shape index (κ2) is 9.25. The maximum atomic E-state index is 12.5. The summed E-state index contributed by atoms with van der Waals surface area (Å²) in [5.41, 5.74) is 2.41. The molecule has 3 rings (SSSR count). The molecule has 0 N–H and O–H groups in total. The summed E-state index contributed by atoms with van der Waals surface area (Å²) < 4.78 is 16.1. The maximum absolute atomic E-state index is 12.5. The lowest BCUT2D eigenvalue weighted by atomic mass is 10.0. The van der Waals surface area contributed by atoms with Gasteiger partial charge in [-0.1, -0.05) is 48.5 Å². The monoisotopic (exact) mass is 385 g/mol. The first-order valence-corrected chi connectivity index (χ1v) is 8.86. The van der Waals surface area contributed by atoms with Crippen LogP contribution in [0.1, 0.15) is 21.5 Å². The van der Waals surface area contributed by atoms with Gasteiger partial charge in [-0.05, 0) is 41.5 Å². The Morgan fingerprint density at radius 3 is 2.24 bits per heavy atom. The quantitative estimate of drug-likeness (QED) is 0.259. The van der Waals surface area contributed by atoms with Crippen molar-refractivity contribution in [1.82, 2.24) is 0 Å². The van der Waals surface area contributed by atoms with E-state index in [-0.39, 0.29) is 5.75 Å². The van der Waals surface area contributed by atoms with Crippen molar-refractivity contribution in [2.75, 3.05) is 14.2 Å². The lowest BCUT2D eigenvalue weighted by molar-refractivity contribution is 0.0726. The fraction of sp³-hybridized carbons (Fsp3) is 0.0833. The standard InChI is InChI=1S/C24H19NO4/c1-27-21-11-7-6-10-20(21)24(26)29-22-13-12-17(15-23(22)28-2)14-19(16-25)18-8-4-3-5-9-18/h3-15H,1-2H3. The van der Waals surface area contributed by atoms with E-state index >= 15 is 0 Å². The minimum atomic E-state index is -0.550. The minimum absolute atomic E-state index is 0.277. The number of carbonyl (C=O) groups excluding carboxylic acids is 1. The highest BCUT2D eigenvalue weighted by atomic mass is 16.6. The van der Waals surface area contributed by atoms with Gasteiger partial charge in [0.2, 0.25) is 0 Å². The predicted octanol–water partition coefficient (Wildman–Crippen LogP) is 4.99. The van der Waals surface area contributed by atoms with E-state index in [0.29, 0.717) is 22.6 Å². The van der Waals surface area contributed by atoms with Crippen LogP contribution in [-0.4, -0.2) is 20.2 Å². The number of nitriles is 1. The largest absolute Gasteiger partial charge is 0.496 e. The molecule has 144 valence electrons. The summed E-state index contributed by atoms with van der Waals surface area (Å²) in [6.07, 6.45) is 1.75. The molecule has 0 saturated carbocycles. The number of para-hydroxylation sites is 1. The van der Waals surface area contributed by atoms with Gasteiger partial charge in [-0.2, -0.15) is 5.26 Å². The molecule has 3 aromatic carbocycles. The molecule has 0 unspecified atom stereocenters. The number of hydrogen-bond acceptors (Lipinski definition) is 5. The number of esters is 1. The van der Waals surface area contributed by atoms with Crippen molar-refractivity contribution in [2.45, 2.75) is 0 Å². The number of allylic oxidation sites excluding steroid dienone is 1. The van der Waals surface area contributed by atoms with Crippen molar-refractivity contribution < 1.29 is 19.0 Å². The molecule has 0 heterocycles. The fourth-order valence-electron chi connectivity index (χ4n) is 2.79. The number of methoxy groups -OCH3 is 2. The van der Waals surface area contributed by atoms with Crippen LogP contribution in [0.4, 0.5) is 0 Å². The Balaban J connectivity index is 1.88. The Morgan fingerprint density at radius 2 is 1.55 bits per heavy atom. The molecule has 0 saturated heterocycles. The molecule has 0 amide bonds. The Labute approximate surface area is 169 Å². The van der Waals surface area contributed by atoms with Gasteiger partial charge in [0, 0.05) is 0 Å². The lowest BCUT2D eigenvalue weighted by Crippen LogP contribution is -2.10. The molecule has 0 atom stereocenters. The molecule has 0 aliphatic rings. The van der Waals surface area contributed by atoms with E-state index in [9.17, 15) is 10.1 Å². The zero-order valence-electron chi connectivity index (χ0n) is 16.1. The molecular weight excluding hydrogens is 366 g/mol. The van der Waals surface area contributed by atoms with Crippen molar-refractivity contribution >= 4 is 17.6 Å². The molecule has 0 aromatic heterocycles. The second-order valence-electron chi connectivity index (χ2n) is 6.04. The number of hydrogen-bond donors (Lipinski definition) is 0. The van der Waals surface area contributed by atoms with E-state index in [1.54, 1.807) is 48.5 Å². The van der Waals surface area contributed by atoms with Gasteiger partial charge < -0.3 is 14.2 Å². The van der Waals surface area contributed by atoms with Crippen LogP contribution in [-0.2, 0) is 0 Å². The van der Waals surface area contributed by atoms with Gasteiger partial charge in [0.1, 0.15) is 11.3 Å². The highest BCUT2D eigenvalue weighted by Crippen LogP contribution is 2.31. The normalized spacial score (nSPS) is 10.7. The summed E-state index contributed by atoms with van der Waals surface area (Å²) >= 11 is 0. The van der Waals surface area contributed by atoms with Gasteiger partial charge in [0.15, 0.2) is 11.5 Å². The number of benzene rings is 3. The molecule has 0 spiro atoms. The van der Waals surface area contributed by atoms with Gasteiger partial charge in [-0.25, -0.2) is 4.79 Å². The highest BCUT2D eigenvalue weighted by molar-refractivity contribution is 5.94. The van der Waals surface area contributed by atoms with E-state index in [1.807, 2.05) is 30.3 Å². The van der Waals surface area contributed by atoms with Crippen molar-refractivity contribution in [1.29, 1.82) is 5.26 Å². The van der Waals surface area contributed by atoms with Crippen LogP contribution in [0.15, 0.2) is 72.8 Å². The highest BCUT2D eigenvalue weighted by Gasteiger charge is 2.16. The first-order valence-electron chi connectivity index (χ1n) is 8.86. The zero-order valence-corrected chi connectivity index (χ0v) is 16.1. The minimum Gasteiger partial charge on any atom is -0.496 e. The van der Waals surface area contributed by atoms with Gasteiger partial charge in [0.25, 0.3) is 0 Å². The van der Waals surface area contributed by atoms with E-state index in [0.717, 1.165) is 11.1 Å². The van der Waals surface area contributed by atoms with E-state index in [1.165, 1.54) is 14.2 Å². The van der Waals surface area contributed by atoms with Crippen LogP contribution < -0.4 is 14.2 Å². The summed E-state index contributed by atoms with van der Waals surface area (Å²) in [5, 5.41) is 9.49. The zero-order chi connectivity index (χ0) is 20.6. The Hall–Kier alpha value is -4.04. The van der Waals surface area contributed by atoms with E-state index in [4.69, 9.17) is 14.2 Å². The van der Waals surface area contributed by atoms with Crippen molar-refractivity contribution in [3.63, 3.8) is 0 Å². The van der Waals surface area contributed by atoms with E-state index in [2.05, 4.69) is 6.07 Å². The van der Waals surface area contributed by atoms with Crippen LogP contribution in [0.5, 0.6) is 17.2 Å². The predicted molar refractivity (Wildman–Crippen MR) is 111 cm³/mol. The molecule has 29 heavy (non-hydrogen) atoms. The van der Waals surface area contributed by atoms with Crippen molar-refractivity contribution in [2.24, 2.45) is 0 Å². The maximum Gasteiger partial charge on any atom is 0.347 e. The third-order valence-corrected chi connectivity index (χ3v) is 4.23. The molecule has 0 aliphatic carbocycles. The van der Waals surface area contributed by atoms with Crippen LogP contribution in [0.2, 0.25) is 0 Å². The molecule has 0 bridgehead atoms. The second-order valence-corrected chi connectivity index (χ2v) is 6.04. The number of carbonyl (C=O) groups is 1. The number of rotatable bonds is 6. The van der Waals surface area contributed by atoms with Crippen molar-refractivity contribution in [3.8, 4) is 23.3 Å². The number of ether oxygens (including phenoxy) is 3. The third-order valence-electron chi connectivity index (χ3n) is 4.23. The Kier molecular flexibility index (Phi) is 6.29. The topological polar surface area (TPSA) is 68.5 Å². The van der Waals surface area contributed by atoms with Gasteiger partial charge in [-0.3, -0.25) is 0 Å². The molecular formula is C24H19NO4. The average molecular weight is 385 g/mol. The summed E-state index contributed by atoms with van der Waals surface area (Å²) in [6.45, 7) is 0. The van der Waals surface area contributed by atoms with Crippen molar-refractivity contribution in [3.05, 3.63) is 89.5 Å². The summed E-state index contributed by atoms with van der Waals surface area (Å²) in [6, 6.07) is 23.5. The first-order chi connectivity index (χ1) is 14.2.